The Kier molecular flexibility index (Phi) is 5.48. The Morgan fingerprint density at radius 1 is 1.21 bits per heavy atom. The first kappa shape index (κ1) is 16.9. The molecule has 126 valence electrons. The number of carbonyl (C=O) groups is 1. The highest BCUT2D eigenvalue weighted by Gasteiger charge is 2.30. The number of hydrogen-bond donors (Lipinski definition) is 1. The van der Waals surface area contributed by atoms with Crippen LogP contribution >= 0.6 is 11.6 Å². The van der Waals surface area contributed by atoms with Crippen LogP contribution in [0, 0.1) is 5.82 Å². The van der Waals surface area contributed by atoms with Gasteiger partial charge in [0.05, 0.1) is 6.04 Å². The van der Waals surface area contributed by atoms with Gasteiger partial charge in [0.1, 0.15) is 5.82 Å². The Morgan fingerprint density at radius 2 is 1.96 bits per heavy atom. The molecular weight excluding hydrogens is 327 g/mol. The Morgan fingerprint density at radius 3 is 2.71 bits per heavy atom. The summed E-state index contributed by atoms with van der Waals surface area (Å²) in [6.45, 7) is 1.83. The van der Waals surface area contributed by atoms with E-state index in [0.717, 1.165) is 31.5 Å². The fourth-order valence-corrected chi connectivity index (χ4v) is 3.20. The van der Waals surface area contributed by atoms with Crippen LogP contribution in [0.2, 0.25) is 5.02 Å². The Balaban J connectivity index is 1.59. The van der Waals surface area contributed by atoms with Gasteiger partial charge < -0.3 is 5.32 Å². The van der Waals surface area contributed by atoms with Gasteiger partial charge in [-0.1, -0.05) is 41.9 Å². The molecule has 1 atom stereocenters. The molecule has 3 rings (SSSR count). The van der Waals surface area contributed by atoms with E-state index in [1.807, 2.05) is 24.3 Å². The van der Waals surface area contributed by atoms with Crippen LogP contribution < -0.4 is 5.32 Å². The lowest BCUT2D eigenvalue weighted by molar-refractivity contribution is -0.125. The lowest BCUT2D eigenvalue weighted by Gasteiger charge is -2.23. The van der Waals surface area contributed by atoms with Gasteiger partial charge in [-0.15, -0.1) is 0 Å². The zero-order valence-electron chi connectivity index (χ0n) is 13.3. The summed E-state index contributed by atoms with van der Waals surface area (Å²) in [5.74, 6) is -0.327. The van der Waals surface area contributed by atoms with Crippen LogP contribution in [-0.2, 0) is 17.9 Å². The first-order valence-corrected chi connectivity index (χ1v) is 8.51. The number of carbonyl (C=O) groups excluding carboxylic acids is 1. The Bertz CT molecular complexity index is 705. The van der Waals surface area contributed by atoms with Crippen molar-refractivity contribution in [3.05, 3.63) is 70.5 Å². The molecule has 2 aromatic carbocycles. The number of hydrogen-bond acceptors (Lipinski definition) is 2. The van der Waals surface area contributed by atoms with E-state index in [0.29, 0.717) is 10.6 Å². The molecule has 0 bridgehead atoms. The molecule has 1 aliphatic heterocycles. The van der Waals surface area contributed by atoms with E-state index in [9.17, 15) is 9.18 Å². The topological polar surface area (TPSA) is 32.3 Å². The molecule has 0 radical (unpaired) electrons. The van der Waals surface area contributed by atoms with Gasteiger partial charge in [0.15, 0.2) is 0 Å². The Hall–Kier alpha value is -1.91. The quantitative estimate of drug-likeness (QED) is 0.894. The van der Waals surface area contributed by atoms with Crippen LogP contribution in [-0.4, -0.2) is 23.4 Å². The van der Waals surface area contributed by atoms with Crippen molar-refractivity contribution in [1.29, 1.82) is 0 Å². The minimum absolute atomic E-state index is 0.0373. The summed E-state index contributed by atoms with van der Waals surface area (Å²) in [5, 5.41) is 3.57. The first-order chi connectivity index (χ1) is 11.6. The third kappa shape index (κ3) is 4.13. The van der Waals surface area contributed by atoms with Gasteiger partial charge in [-0.25, -0.2) is 4.39 Å². The van der Waals surface area contributed by atoms with Crippen LogP contribution in [0.1, 0.15) is 24.0 Å². The fourth-order valence-electron chi connectivity index (χ4n) is 3.08. The monoisotopic (exact) mass is 346 g/mol. The van der Waals surface area contributed by atoms with Crippen LogP contribution in [0.3, 0.4) is 0 Å². The molecule has 2 aromatic rings. The molecule has 1 heterocycles. The van der Waals surface area contributed by atoms with Crippen molar-refractivity contribution in [3.8, 4) is 0 Å². The van der Waals surface area contributed by atoms with Gasteiger partial charge in [0.25, 0.3) is 0 Å². The average Bonchev–Trinajstić information content (AvgIpc) is 3.04. The number of nitrogens with zero attached hydrogens (tertiary/aromatic N) is 1. The maximum Gasteiger partial charge on any atom is 0.237 e. The summed E-state index contributed by atoms with van der Waals surface area (Å²) < 4.78 is 13.6. The second kappa shape index (κ2) is 7.77. The predicted octanol–water partition coefficient (Wildman–Crippen LogP) is 3.76. The maximum atomic E-state index is 13.6. The molecular formula is C19H20ClFN2O. The molecule has 1 amide bonds. The van der Waals surface area contributed by atoms with E-state index in [1.54, 1.807) is 18.2 Å². The van der Waals surface area contributed by atoms with Crippen LogP contribution in [0.15, 0.2) is 48.5 Å². The minimum Gasteiger partial charge on any atom is -0.351 e. The van der Waals surface area contributed by atoms with Crippen LogP contribution in [0.5, 0.6) is 0 Å². The number of benzene rings is 2. The van der Waals surface area contributed by atoms with Gasteiger partial charge in [0, 0.05) is 23.7 Å². The standard InChI is InChI=1S/C19H20ClFN2O/c20-16-9-7-14(8-10-16)13-23-11-3-6-18(23)19(24)22-12-15-4-1-2-5-17(15)21/h1-2,4-5,7-10,18H,3,6,11-13H2,(H,22,24)/t18-/m1/s1. The SMILES string of the molecule is O=C(NCc1ccccc1F)[C@H]1CCCN1Cc1ccc(Cl)cc1. The fraction of sp³-hybridized carbons (Fsp3) is 0.316. The smallest absolute Gasteiger partial charge is 0.237 e. The zero-order valence-corrected chi connectivity index (χ0v) is 14.1. The van der Waals surface area contributed by atoms with E-state index in [2.05, 4.69) is 10.2 Å². The van der Waals surface area contributed by atoms with Crippen molar-refractivity contribution in [3.63, 3.8) is 0 Å². The van der Waals surface area contributed by atoms with E-state index in [4.69, 9.17) is 11.6 Å². The molecule has 0 aliphatic carbocycles. The number of rotatable bonds is 5. The molecule has 0 aromatic heterocycles. The summed E-state index contributed by atoms with van der Waals surface area (Å²) >= 11 is 5.91. The number of likely N-dealkylation sites (tertiary alicyclic amines) is 1. The maximum absolute atomic E-state index is 13.6. The summed E-state index contributed by atoms with van der Waals surface area (Å²) in [7, 11) is 0. The lowest BCUT2D eigenvalue weighted by Crippen LogP contribution is -2.42. The Labute approximate surface area is 146 Å². The van der Waals surface area contributed by atoms with Crippen LogP contribution in [0.4, 0.5) is 4.39 Å². The molecule has 0 unspecified atom stereocenters. The first-order valence-electron chi connectivity index (χ1n) is 8.13. The number of nitrogens with one attached hydrogen (secondary N) is 1. The van der Waals surface area contributed by atoms with Gasteiger partial charge in [-0.05, 0) is 43.1 Å². The summed E-state index contributed by atoms with van der Waals surface area (Å²) in [5.41, 5.74) is 1.64. The van der Waals surface area contributed by atoms with E-state index in [1.165, 1.54) is 6.07 Å². The third-order valence-corrected chi connectivity index (χ3v) is 4.63. The number of amides is 1. The van der Waals surface area contributed by atoms with Crippen molar-refractivity contribution >= 4 is 17.5 Å². The highest BCUT2D eigenvalue weighted by Crippen LogP contribution is 2.21. The molecule has 3 nitrogen and oxygen atoms in total. The van der Waals surface area contributed by atoms with Crippen molar-refractivity contribution in [2.75, 3.05) is 6.54 Å². The van der Waals surface area contributed by atoms with E-state index < -0.39 is 0 Å². The van der Waals surface area contributed by atoms with Gasteiger partial charge in [-0.2, -0.15) is 0 Å². The second-order valence-electron chi connectivity index (χ2n) is 6.06. The lowest BCUT2D eigenvalue weighted by atomic mass is 10.1. The minimum atomic E-state index is -0.290. The summed E-state index contributed by atoms with van der Waals surface area (Å²) in [6.07, 6.45) is 1.82. The summed E-state index contributed by atoms with van der Waals surface area (Å²) in [4.78, 5) is 14.7. The van der Waals surface area contributed by atoms with Gasteiger partial charge in [0.2, 0.25) is 5.91 Å². The largest absolute Gasteiger partial charge is 0.351 e. The van der Waals surface area contributed by atoms with Crippen LogP contribution in [0.25, 0.3) is 0 Å². The van der Waals surface area contributed by atoms with Gasteiger partial charge in [-0.3, -0.25) is 9.69 Å². The number of halogens is 2. The normalized spacial score (nSPS) is 17.8. The molecule has 0 saturated carbocycles. The average molecular weight is 347 g/mol. The molecule has 1 N–H and O–H groups in total. The second-order valence-corrected chi connectivity index (χ2v) is 6.50. The molecule has 1 fully saturated rings. The zero-order chi connectivity index (χ0) is 16.9. The molecule has 0 spiro atoms. The molecule has 1 aliphatic rings. The highest BCUT2D eigenvalue weighted by molar-refractivity contribution is 6.30. The molecule has 1 saturated heterocycles. The van der Waals surface area contributed by atoms with Crippen molar-refractivity contribution < 1.29 is 9.18 Å². The third-order valence-electron chi connectivity index (χ3n) is 4.38. The van der Waals surface area contributed by atoms with Crippen molar-refractivity contribution in [1.82, 2.24) is 10.2 Å². The predicted molar refractivity (Wildman–Crippen MR) is 93.1 cm³/mol. The van der Waals surface area contributed by atoms with E-state index >= 15 is 0 Å². The highest BCUT2D eigenvalue weighted by atomic mass is 35.5. The van der Waals surface area contributed by atoms with Gasteiger partial charge >= 0.3 is 0 Å². The molecule has 24 heavy (non-hydrogen) atoms. The van der Waals surface area contributed by atoms with Crippen molar-refractivity contribution in [2.24, 2.45) is 0 Å². The van der Waals surface area contributed by atoms with E-state index in [-0.39, 0.29) is 24.3 Å². The summed E-state index contributed by atoms with van der Waals surface area (Å²) in [6, 6.07) is 14.0. The molecule has 5 heteroatoms. The van der Waals surface area contributed by atoms with Crippen molar-refractivity contribution in [2.45, 2.75) is 32.0 Å².